The normalized spacial score (nSPS) is 16.9. The zero-order valence-electron chi connectivity index (χ0n) is 18.3. The average Bonchev–Trinajstić information content (AvgIpc) is 3.17. The van der Waals surface area contributed by atoms with Gasteiger partial charge in [-0.15, -0.1) is 0 Å². The third kappa shape index (κ3) is 3.47. The average molecular weight is 475 g/mol. The highest BCUT2D eigenvalue weighted by Crippen LogP contribution is 2.45. The number of benzene rings is 2. The fourth-order valence-electron chi connectivity index (χ4n) is 4.90. The van der Waals surface area contributed by atoms with Crippen molar-refractivity contribution < 1.29 is 23.4 Å². The zero-order valence-corrected chi connectivity index (χ0v) is 18.3. The second-order valence-corrected chi connectivity index (χ2v) is 8.79. The molecule has 1 saturated heterocycles. The van der Waals surface area contributed by atoms with Crippen LogP contribution in [-0.2, 0) is 11.3 Å². The van der Waals surface area contributed by atoms with Crippen LogP contribution in [0, 0.1) is 17.6 Å². The number of rotatable bonds is 4. The van der Waals surface area contributed by atoms with Gasteiger partial charge >= 0.3 is 5.97 Å². The first-order chi connectivity index (χ1) is 16.9. The molecule has 2 aliphatic rings. The molecule has 0 amide bonds. The summed E-state index contributed by atoms with van der Waals surface area (Å²) in [6, 6.07) is 13.1. The van der Waals surface area contributed by atoms with Crippen molar-refractivity contribution in [2.45, 2.75) is 12.6 Å². The number of carboxylic acids is 1. The Kier molecular flexibility index (Phi) is 4.89. The number of carboxylic acid groups (broad SMARTS) is 1. The lowest BCUT2D eigenvalue weighted by Crippen LogP contribution is -2.41. The van der Waals surface area contributed by atoms with Crippen LogP contribution in [0.1, 0.15) is 16.4 Å². The van der Waals surface area contributed by atoms with Gasteiger partial charge in [-0.1, -0.05) is 24.3 Å². The second kappa shape index (κ2) is 7.99. The SMILES string of the molecule is O=C(O)c1cn2c(cc1=O)-c1c(-c3cccc(F)c3)c(-c3cccc(F)c3)nn1C[C@H]2C1COC1. The van der Waals surface area contributed by atoms with Crippen LogP contribution in [-0.4, -0.2) is 38.6 Å². The Bertz CT molecular complexity index is 1550. The number of ether oxygens (including phenoxy) is 1. The van der Waals surface area contributed by atoms with Crippen molar-refractivity contribution in [1.82, 2.24) is 14.3 Å². The van der Waals surface area contributed by atoms with Crippen LogP contribution >= 0.6 is 0 Å². The summed E-state index contributed by atoms with van der Waals surface area (Å²) in [6.07, 6.45) is 1.37. The molecule has 2 aliphatic heterocycles. The summed E-state index contributed by atoms with van der Waals surface area (Å²) >= 11 is 0. The molecule has 0 bridgehead atoms. The maximum atomic E-state index is 14.3. The number of aromatic nitrogens is 3. The van der Waals surface area contributed by atoms with E-state index in [1.54, 1.807) is 33.5 Å². The van der Waals surface area contributed by atoms with E-state index in [4.69, 9.17) is 9.84 Å². The highest BCUT2D eigenvalue weighted by molar-refractivity contribution is 5.92. The minimum absolute atomic E-state index is 0.102. The highest BCUT2D eigenvalue weighted by atomic mass is 19.1. The predicted molar refractivity (Wildman–Crippen MR) is 123 cm³/mol. The maximum absolute atomic E-state index is 14.3. The number of hydrogen-bond donors (Lipinski definition) is 1. The Balaban J connectivity index is 1.67. The lowest BCUT2D eigenvalue weighted by molar-refractivity contribution is -0.0613. The van der Waals surface area contributed by atoms with E-state index in [0.717, 1.165) is 0 Å². The minimum atomic E-state index is -1.31. The van der Waals surface area contributed by atoms with E-state index in [0.29, 0.717) is 53.5 Å². The third-order valence-electron chi connectivity index (χ3n) is 6.64. The first kappa shape index (κ1) is 21.4. The summed E-state index contributed by atoms with van der Waals surface area (Å²) in [4.78, 5) is 24.5. The summed E-state index contributed by atoms with van der Waals surface area (Å²) in [5.74, 6) is -2.10. The van der Waals surface area contributed by atoms with E-state index in [2.05, 4.69) is 0 Å². The van der Waals surface area contributed by atoms with Crippen molar-refractivity contribution in [3.63, 3.8) is 0 Å². The Labute approximate surface area is 197 Å². The molecule has 9 heteroatoms. The fraction of sp³-hybridized carbons (Fsp3) is 0.192. The van der Waals surface area contributed by atoms with Crippen LogP contribution in [0.4, 0.5) is 8.78 Å². The summed E-state index contributed by atoms with van der Waals surface area (Å²) in [7, 11) is 0. The van der Waals surface area contributed by atoms with Crippen LogP contribution < -0.4 is 5.43 Å². The molecule has 176 valence electrons. The van der Waals surface area contributed by atoms with Crippen LogP contribution in [0.5, 0.6) is 0 Å². The Morgan fingerprint density at radius 1 is 1.03 bits per heavy atom. The molecule has 0 radical (unpaired) electrons. The summed E-state index contributed by atoms with van der Waals surface area (Å²) < 4.78 is 37.4. The lowest BCUT2D eigenvalue weighted by atomic mass is 9.92. The first-order valence-corrected chi connectivity index (χ1v) is 11.1. The number of aromatic carboxylic acids is 1. The molecule has 7 nitrogen and oxygen atoms in total. The van der Waals surface area contributed by atoms with Gasteiger partial charge in [-0.2, -0.15) is 5.10 Å². The number of halogens is 2. The van der Waals surface area contributed by atoms with Crippen LogP contribution in [0.2, 0.25) is 0 Å². The topological polar surface area (TPSA) is 86.4 Å². The molecular weight excluding hydrogens is 456 g/mol. The highest BCUT2D eigenvalue weighted by Gasteiger charge is 2.38. The van der Waals surface area contributed by atoms with Crippen LogP contribution in [0.25, 0.3) is 33.8 Å². The van der Waals surface area contributed by atoms with E-state index in [1.165, 1.54) is 36.5 Å². The first-order valence-electron chi connectivity index (χ1n) is 11.1. The van der Waals surface area contributed by atoms with Crippen molar-refractivity contribution in [1.29, 1.82) is 0 Å². The van der Waals surface area contributed by atoms with Gasteiger partial charge in [0.05, 0.1) is 37.2 Å². The molecule has 1 atom stereocenters. The standard InChI is InChI=1S/C26H19F2N3O4/c27-17-5-1-3-14(7-17)23-24(15-4-2-6-18(28)8-15)29-31-11-21(16-12-35-13-16)30-10-19(26(33)34)22(32)9-20(30)25(23)31/h1-10,16,21H,11-13H2,(H,33,34)/t21-/m0/s1. The van der Waals surface area contributed by atoms with Crippen molar-refractivity contribution in [2.75, 3.05) is 13.2 Å². The molecule has 0 aliphatic carbocycles. The van der Waals surface area contributed by atoms with Gasteiger partial charge in [-0.3, -0.25) is 9.48 Å². The van der Waals surface area contributed by atoms with Gasteiger partial charge in [-0.05, 0) is 29.8 Å². The van der Waals surface area contributed by atoms with Gasteiger partial charge in [0.2, 0.25) is 0 Å². The fourth-order valence-corrected chi connectivity index (χ4v) is 4.90. The molecule has 0 spiro atoms. The number of pyridine rings is 1. The summed E-state index contributed by atoms with van der Waals surface area (Å²) in [6.45, 7) is 1.39. The second-order valence-electron chi connectivity index (χ2n) is 8.79. The molecule has 4 aromatic rings. The Morgan fingerprint density at radius 3 is 2.34 bits per heavy atom. The zero-order chi connectivity index (χ0) is 24.3. The Hall–Kier alpha value is -4.11. The number of hydrogen-bond acceptors (Lipinski definition) is 4. The van der Waals surface area contributed by atoms with E-state index in [-0.39, 0.29) is 17.5 Å². The van der Waals surface area contributed by atoms with E-state index in [9.17, 15) is 23.5 Å². The monoisotopic (exact) mass is 475 g/mol. The smallest absolute Gasteiger partial charge is 0.341 e. The summed E-state index contributed by atoms with van der Waals surface area (Å²) in [5.41, 5.74) is 2.04. The van der Waals surface area contributed by atoms with Gasteiger partial charge < -0.3 is 14.4 Å². The molecule has 2 aromatic heterocycles. The van der Waals surface area contributed by atoms with E-state index in [1.807, 2.05) is 0 Å². The van der Waals surface area contributed by atoms with E-state index < -0.39 is 23.0 Å². The number of carbonyl (C=O) groups is 1. The van der Waals surface area contributed by atoms with Gasteiger partial charge in [0.25, 0.3) is 0 Å². The molecular formula is C26H19F2N3O4. The largest absolute Gasteiger partial charge is 0.477 e. The van der Waals surface area contributed by atoms with Gasteiger partial charge in [0.1, 0.15) is 22.9 Å². The molecule has 0 unspecified atom stereocenters. The molecule has 35 heavy (non-hydrogen) atoms. The number of fused-ring (bicyclic) bond motifs is 3. The molecule has 1 N–H and O–H groups in total. The summed E-state index contributed by atoms with van der Waals surface area (Å²) in [5, 5.41) is 14.4. The van der Waals surface area contributed by atoms with Crippen molar-refractivity contribution in [3.05, 3.63) is 88.2 Å². The van der Waals surface area contributed by atoms with Gasteiger partial charge in [0.15, 0.2) is 5.43 Å². The molecule has 4 heterocycles. The van der Waals surface area contributed by atoms with Gasteiger partial charge in [0, 0.05) is 29.3 Å². The van der Waals surface area contributed by atoms with Crippen molar-refractivity contribution >= 4 is 5.97 Å². The third-order valence-corrected chi connectivity index (χ3v) is 6.64. The molecule has 2 aromatic carbocycles. The Morgan fingerprint density at radius 2 is 1.71 bits per heavy atom. The van der Waals surface area contributed by atoms with Crippen molar-refractivity contribution in [3.8, 4) is 33.8 Å². The van der Waals surface area contributed by atoms with Crippen LogP contribution in [0.3, 0.4) is 0 Å². The van der Waals surface area contributed by atoms with Gasteiger partial charge in [-0.25, -0.2) is 13.6 Å². The van der Waals surface area contributed by atoms with Crippen LogP contribution in [0.15, 0.2) is 65.6 Å². The maximum Gasteiger partial charge on any atom is 0.341 e. The van der Waals surface area contributed by atoms with Crippen molar-refractivity contribution in [2.24, 2.45) is 5.92 Å². The minimum Gasteiger partial charge on any atom is -0.477 e. The van der Waals surface area contributed by atoms with E-state index >= 15 is 0 Å². The molecule has 1 fully saturated rings. The molecule has 6 rings (SSSR count). The lowest BCUT2D eigenvalue weighted by Gasteiger charge is -2.39. The quantitative estimate of drug-likeness (QED) is 0.478. The number of nitrogens with zero attached hydrogens (tertiary/aromatic N) is 3. The predicted octanol–water partition coefficient (Wildman–Crippen LogP) is 4.22. The molecule has 0 saturated carbocycles.